The number of nitrogens with zero attached hydrogens (tertiary/aromatic N) is 2. The SMILES string of the molecule is CC(NC(=O)C(C)Nc1ccc([N+](=O)[O-])cc1[N+](=O)[O-])C(=O)O. The summed E-state index contributed by atoms with van der Waals surface area (Å²) >= 11 is 0. The van der Waals surface area contributed by atoms with Crippen LogP contribution in [0.1, 0.15) is 13.8 Å². The highest BCUT2D eigenvalue weighted by molar-refractivity contribution is 5.88. The summed E-state index contributed by atoms with van der Waals surface area (Å²) in [5.74, 6) is -1.92. The van der Waals surface area contributed by atoms with Crippen LogP contribution in [0.2, 0.25) is 0 Å². The maximum absolute atomic E-state index is 11.8. The molecular formula is C12H14N4O7. The minimum absolute atomic E-state index is 0.0915. The average Bonchev–Trinajstić information content (AvgIpc) is 2.46. The predicted molar refractivity (Wildman–Crippen MR) is 78.1 cm³/mol. The predicted octanol–water partition coefficient (Wildman–Crippen LogP) is 0.893. The third-order valence-electron chi connectivity index (χ3n) is 2.88. The minimum atomic E-state index is -1.23. The van der Waals surface area contributed by atoms with Gasteiger partial charge in [-0.3, -0.25) is 29.8 Å². The van der Waals surface area contributed by atoms with E-state index in [0.717, 1.165) is 18.2 Å². The van der Waals surface area contributed by atoms with Gasteiger partial charge in [0.2, 0.25) is 5.91 Å². The second kappa shape index (κ2) is 7.15. The van der Waals surface area contributed by atoms with Gasteiger partial charge in [0.05, 0.1) is 15.9 Å². The monoisotopic (exact) mass is 326 g/mol. The lowest BCUT2D eigenvalue weighted by Gasteiger charge is -2.17. The van der Waals surface area contributed by atoms with E-state index < -0.39 is 45.2 Å². The number of nitrogens with one attached hydrogen (secondary N) is 2. The van der Waals surface area contributed by atoms with E-state index >= 15 is 0 Å². The standard InChI is InChI=1S/C12H14N4O7/c1-6(11(17)14-7(2)12(18)19)13-9-4-3-8(15(20)21)5-10(9)16(22)23/h3-7,13H,1-2H3,(H,14,17)(H,18,19). The summed E-state index contributed by atoms with van der Waals surface area (Å²) in [7, 11) is 0. The molecule has 11 heteroatoms. The molecule has 2 atom stereocenters. The number of non-ortho nitro benzene ring substituents is 1. The molecule has 0 saturated carbocycles. The van der Waals surface area contributed by atoms with Crippen molar-refractivity contribution in [3.05, 3.63) is 38.4 Å². The van der Waals surface area contributed by atoms with E-state index in [1.165, 1.54) is 13.8 Å². The van der Waals surface area contributed by atoms with Crippen molar-refractivity contribution in [2.24, 2.45) is 0 Å². The van der Waals surface area contributed by atoms with Crippen molar-refractivity contribution in [2.75, 3.05) is 5.32 Å². The third kappa shape index (κ3) is 4.62. The number of hydrogen-bond donors (Lipinski definition) is 3. The molecule has 2 unspecified atom stereocenters. The van der Waals surface area contributed by atoms with Crippen LogP contribution >= 0.6 is 0 Å². The first-order valence-electron chi connectivity index (χ1n) is 6.36. The topological polar surface area (TPSA) is 165 Å². The van der Waals surface area contributed by atoms with Gasteiger partial charge in [-0.05, 0) is 19.9 Å². The molecule has 1 amide bonds. The van der Waals surface area contributed by atoms with Crippen LogP contribution in [0.5, 0.6) is 0 Å². The van der Waals surface area contributed by atoms with E-state index in [2.05, 4.69) is 10.6 Å². The second-order valence-electron chi connectivity index (χ2n) is 4.65. The molecule has 0 aliphatic rings. The Balaban J connectivity index is 2.95. The van der Waals surface area contributed by atoms with Crippen LogP contribution in [0, 0.1) is 20.2 Å². The fraction of sp³-hybridized carbons (Fsp3) is 0.333. The van der Waals surface area contributed by atoms with Crippen molar-refractivity contribution in [1.29, 1.82) is 0 Å². The van der Waals surface area contributed by atoms with Gasteiger partial charge in [-0.25, -0.2) is 0 Å². The molecule has 1 aromatic rings. The van der Waals surface area contributed by atoms with Gasteiger partial charge >= 0.3 is 5.97 Å². The van der Waals surface area contributed by atoms with Crippen LogP contribution in [0.25, 0.3) is 0 Å². The van der Waals surface area contributed by atoms with Crippen molar-refractivity contribution < 1.29 is 24.5 Å². The highest BCUT2D eigenvalue weighted by Gasteiger charge is 2.24. The second-order valence-corrected chi connectivity index (χ2v) is 4.65. The van der Waals surface area contributed by atoms with Crippen LogP contribution in [-0.2, 0) is 9.59 Å². The van der Waals surface area contributed by atoms with E-state index in [9.17, 15) is 29.8 Å². The molecule has 1 rings (SSSR count). The molecule has 0 aromatic heterocycles. The zero-order chi connectivity index (χ0) is 17.7. The lowest BCUT2D eigenvalue weighted by molar-refractivity contribution is -0.393. The van der Waals surface area contributed by atoms with Crippen molar-refractivity contribution in [2.45, 2.75) is 25.9 Å². The van der Waals surface area contributed by atoms with Gasteiger partial charge in [-0.15, -0.1) is 0 Å². The van der Waals surface area contributed by atoms with E-state index in [4.69, 9.17) is 5.11 Å². The first-order valence-corrected chi connectivity index (χ1v) is 6.36. The van der Waals surface area contributed by atoms with Gasteiger partial charge < -0.3 is 15.7 Å². The van der Waals surface area contributed by atoms with Crippen LogP contribution in [-0.4, -0.2) is 38.9 Å². The molecule has 23 heavy (non-hydrogen) atoms. The molecule has 1 aromatic carbocycles. The number of carbonyl (C=O) groups is 2. The molecule has 0 heterocycles. The Bertz CT molecular complexity index is 661. The zero-order valence-electron chi connectivity index (χ0n) is 12.2. The number of rotatable bonds is 7. The normalized spacial score (nSPS) is 12.8. The Labute approximate surface area is 129 Å². The number of benzene rings is 1. The van der Waals surface area contributed by atoms with Gasteiger partial charge in [0.1, 0.15) is 17.8 Å². The number of amides is 1. The Morgan fingerprint density at radius 1 is 1.13 bits per heavy atom. The fourth-order valence-electron chi connectivity index (χ4n) is 1.61. The summed E-state index contributed by atoms with van der Waals surface area (Å²) in [6.07, 6.45) is 0. The van der Waals surface area contributed by atoms with Gasteiger partial charge in [-0.1, -0.05) is 0 Å². The summed E-state index contributed by atoms with van der Waals surface area (Å²) in [5, 5.41) is 35.1. The first-order chi connectivity index (χ1) is 10.6. The van der Waals surface area contributed by atoms with Crippen LogP contribution < -0.4 is 10.6 Å². The Kier molecular flexibility index (Phi) is 5.54. The first kappa shape index (κ1) is 17.8. The lowest BCUT2D eigenvalue weighted by Crippen LogP contribution is -2.45. The molecule has 0 spiro atoms. The molecule has 11 nitrogen and oxygen atoms in total. The molecule has 3 N–H and O–H groups in total. The number of carboxylic acid groups (broad SMARTS) is 1. The van der Waals surface area contributed by atoms with Gasteiger partial charge in [0.15, 0.2) is 0 Å². The lowest BCUT2D eigenvalue weighted by atomic mass is 10.2. The van der Waals surface area contributed by atoms with Crippen molar-refractivity contribution in [1.82, 2.24) is 5.32 Å². The maximum Gasteiger partial charge on any atom is 0.325 e. The summed E-state index contributed by atoms with van der Waals surface area (Å²) in [6, 6.07) is 0.823. The molecule has 0 radical (unpaired) electrons. The third-order valence-corrected chi connectivity index (χ3v) is 2.88. The van der Waals surface area contributed by atoms with Crippen molar-refractivity contribution in [3.8, 4) is 0 Å². The summed E-state index contributed by atoms with van der Waals surface area (Å²) in [5.41, 5.74) is -1.12. The Hall–Kier alpha value is -3.24. The zero-order valence-corrected chi connectivity index (χ0v) is 12.2. The van der Waals surface area contributed by atoms with Crippen LogP contribution in [0.3, 0.4) is 0 Å². The van der Waals surface area contributed by atoms with Crippen molar-refractivity contribution >= 4 is 28.9 Å². The fourth-order valence-corrected chi connectivity index (χ4v) is 1.61. The van der Waals surface area contributed by atoms with Gasteiger partial charge in [0, 0.05) is 6.07 Å². The molecule has 0 saturated heterocycles. The minimum Gasteiger partial charge on any atom is -0.480 e. The van der Waals surface area contributed by atoms with Crippen LogP contribution in [0.4, 0.5) is 17.1 Å². The Morgan fingerprint density at radius 3 is 2.22 bits per heavy atom. The average molecular weight is 326 g/mol. The maximum atomic E-state index is 11.8. The molecular weight excluding hydrogens is 312 g/mol. The largest absolute Gasteiger partial charge is 0.480 e. The number of anilines is 1. The number of hydrogen-bond acceptors (Lipinski definition) is 7. The molecule has 124 valence electrons. The summed E-state index contributed by atoms with van der Waals surface area (Å²) in [4.78, 5) is 42.5. The molecule has 0 aliphatic carbocycles. The highest BCUT2D eigenvalue weighted by atomic mass is 16.6. The molecule has 0 aliphatic heterocycles. The van der Waals surface area contributed by atoms with E-state index in [-0.39, 0.29) is 5.69 Å². The molecule has 0 bridgehead atoms. The number of aliphatic carboxylic acids is 1. The Morgan fingerprint density at radius 2 is 1.74 bits per heavy atom. The summed E-state index contributed by atoms with van der Waals surface area (Å²) in [6.45, 7) is 2.64. The number of carbonyl (C=O) groups excluding carboxylic acids is 1. The van der Waals surface area contributed by atoms with E-state index in [0.29, 0.717) is 0 Å². The van der Waals surface area contributed by atoms with E-state index in [1.54, 1.807) is 0 Å². The number of nitro groups is 2. The van der Waals surface area contributed by atoms with E-state index in [1.807, 2.05) is 0 Å². The van der Waals surface area contributed by atoms with Crippen LogP contribution in [0.15, 0.2) is 18.2 Å². The summed E-state index contributed by atoms with van der Waals surface area (Å²) < 4.78 is 0. The van der Waals surface area contributed by atoms with Crippen molar-refractivity contribution in [3.63, 3.8) is 0 Å². The number of carboxylic acids is 1. The van der Waals surface area contributed by atoms with Gasteiger partial charge in [-0.2, -0.15) is 0 Å². The smallest absolute Gasteiger partial charge is 0.325 e. The highest BCUT2D eigenvalue weighted by Crippen LogP contribution is 2.29. The number of nitro benzene ring substituents is 2. The molecule has 0 fully saturated rings. The van der Waals surface area contributed by atoms with Gasteiger partial charge in [0.25, 0.3) is 11.4 Å². The quantitative estimate of drug-likeness (QED) is 0.491.